The van der Waals surface area contributed by atoms with Crippen LogP contribution in [0.1, 0.15) is 28.3 Å². The van der Waals surface area contributed by atoms with Gasteiger partial charge in [-0.15, -0.1) is 0 Å². The lowest BCUT2D eigenvalue weighted by molar-refractivity contribution is 0.552. The first-order valence-electron chi connectivity index (χ1n) is 7.31. The van der Waals surface area contributed by atoms with Gasteiger partial charge in [-0.3, -0.25) is 11.3 Å². The van der Waals surface area contributed by atoms with Crippen LogP contribution in [-0.4, -0.2) is 14.1 Å². The highest BCUT2D eigenvalue weighted by Gasteiger charge is 2.11. The number of nitrogens with one attached hydrogen (secondary N) is 1. The second-order valence-electron chi connectivity index (χ2n) is 5.83. The van der Waals surface area contributed by atoms with Gasteiger partial charge in [0.1, 0.15) is 0 Å². The summed E-state index contributed by atoms with van der Waals surface area (Å²) in [6, 6.07) is 15.3. The third kappa shape index (κ3) is 3.84. The van der Waals surface area contributed by atoms with E-state index in [1.54, 1.807) is 0 Å². The molecule has 0 spiro atoms. The Bertz CT molecular complexity index is 588. The standard InChI is InChI=1S/C18H25N3/c1-13-5-6-15(11-14(13)2)12-18(20-19)16-7-9-17(10-8-16)21(3)4/h5-11,18,20H,12,19H2,1-4H3. The maximum absolute atomic E-state index is 5.76. The maximum Gasteiger partial charge on any atom is 0.0500 e. The zero-order valence-corrected chi connectivity index (χ0v) is 13.4. The maximum atomic E-state index is 5.76. The van der Waals surface area contributed by atoms with Crippen LogP contribution in [0.3, 0.4) is 0 Å². The average Bonchev–Trinajstić information content (AvgIpc) is 2.48. The molecule has 2 rings (SSSR count). The van der Waals surface area contributed by atoms with Gasteiger partial charge in [0.25, 0.3) is 0 Å². The number of rotatable bonds is 5. The highest BCUT2D eigenvalue weighted by Crippen LogP contribution is 2.22. The van der Waals surface area contributed by atoms with Crippen molar-refractivity contribution in [1.82, 2.24) is 5.43 Å². The minimum Gasteiger partial charge on any atom is -0.378 e. The third-order valence-corrected chi connectivity index (χ3v) is 4.02. The van der Waals surface area contributed by atoms with E-state index in [1.807, 2.05) is 14.1 Å². The molecule has 0 aromatic heterocycles. The van der Waals surface area contributed by atoms with Gasteiger partial charge in [-0.1, -0.05) is 30.3 Å². The van der Waals surface area contributed by atoms with E-state index in [0.717, 1.165) is 6.42 Å². The topological polar surface area (TPSA) is 41.3 Å². The number of hydrazine groups is 1. The van der Waals surface area contributed by atoms with Crippen LogP contribution in [0, 0.1) is 13.8 Å². The highest BCUT2D eigenvalue weighted by molar-refractivity contribution is 5.46. The molecule has 0 amide bonds. The van der Waals surface area contributed by atoms with Crippen LogP contribution in [0.2, 0.25) is 0 Å². The molecule has 112 valence electrons. The molecule has 0 saturated heterocycles. The summed E-state index contributed by atoms with van der Waals surface area (Å²) in [6.07, 6.45) is 0.888. The molecular formula is C18H25N3. The van der Waals surface area contributed by atoms with Gasteiger partial charge in [0.2, 0.25) is 0 Å². The van der Waals surface area contributed by atoms with Crippen molar-refractivity contribution in [3.05, 3.63) is 64.7 Å². The number of hydrogen-bond acceptors (Lipinski definition) is 3. The van der Waals surface area contributed by atoms with Gasteiger partial charge >= 0.3 is 0 Å². The van der Waals surface area contributed by atoms with Crippen molar-refractivity contribution in [2.24, 2.45) is 5.84 Å². The molecule has 1 unspecified atom stereocenters. The fraction of sp³-hybridized carbons (Fsp3) is 0.333. The summed E-state index contributed by atoms with van der Waals surface area (Å²) >= 11 is 0. The summed E-state index contributed by atoms with van der Waals surface area (Å²) in [4.78, 5) is 2.10. The van der Waals surface area contributed by atoms with Crippen LogP contribution in [-0.2, 0) is 6.42 Å². The molecule has 3 nitrogen and oxygen atoms in total. The van der Waals surface area contributed by atoms with Crippen LogP contribution in [0.25, 0.3) is 0 Å². The Hall–Kier alpha value is -1.84. The van der Waals surface area contributed by atoms with E-state index in [2.05, 4.69) is 66.6 Å². The van der Waals surface area contributed by atoms with Crippen molar-refractivity contribution in [2.75, 3.05) is 19.0 Å². The second-order valence-corrected chi connectivity index (χ2v) is 5.83. The number of nitrogens with zero attached hydrogens (tertiary/aromatic N) is 1. The zero-order chi connectivity index (χ0) is 15.4. The monoisotopic (exact) mass is 283 g/mol. The Morgan fingerprint density at radius 3 is 2.19 bits per heavy atom. The summed E-state index contributed by atoms with van der Waals surface area (Å²) in [5.41, 5.74) is 9.29. The number of anilines is 1. The van der Waals surface area contributed by atoms with Gasteiger partial charge in [-0.2, -0.15) is 0 Å². The summed E-state index contributed by atoms with van der Waals surface area (Å²) in [5.74, 6) is 5.76. The molecule has 2 aromatic carbocycles. The lowest BCUT2D eigenvalue weighted by Gasteiger charge is -2.19. The van der Waals surface area contributed by atoms with Gasteiger partial charge in [-0.05, 0) is 54.7 Å². The van der Waals surface area contributed by atoms with Gasteiger partial charge in [0.15, 0.2) is 0 Å². The van der Waals surface area contributed by atoms with Crippen LogP contribution in [0.15, 0.2) is 42.5 Å². The van der Waals surface area contributed by atoms with E-state index in [4.69, 9.17) is 5.84 Å². The molecule has 3 heteroatoms. The van der Waals surface area contributed by atoms with E-state index >= 15 is 0 Å². The van der Waals surface area contributed by atoms with E-state index < -0.39 is 0 Å². The molecule has 0 radical (unpaired) electrons. The summed E-state index contributed by atoms with van der Waals surface area (Å²) in [5, 5.41) is 0. The quantitative estimate of drug-likeness (QED) is 0.654. The summed E-state index contributed by atoms with van der Waals surface area (Å²) in [7, 11) is 4.09. The summed E-state index contributed by atoms with van der Waals surface area (Å²) < 4.78 is 0. The van der Waals surface area contributed by atoms with E-state index in [-0.39, 0.29) is 6.04 Å². The SMILES string of the molecule is Cc1ccc(CC(NN)c2ccc(N(C)C)cc2)cc1C. The van der Waals surface area contributed by atoms with Crippen molar-refractivity contribution in [3.63, 3.8) is 0 Å². The van der Waals surface area contributed by atoms with Gasteiger partial charge < -0.3 is 4.90 Å². The van der Waals surface area contributed by atoms with Gasteiger partial charge in [-0.25, -0.2) is 0 Å². The Balaban J connectivity index is 2.17. The largest absolute Gasteiger partial charge is 0.378 e. The molecule has 0 saturated carbocycles. The smallest absolute Gasteiger partial charge is 0.0500 e. The number of nitrogens with two attached hydrogens (primary N) is 1. The van der Waals surface area contributed by atoms with Crippen LogP contribution >= 0.6 is 0 Å². The first-order valence-corrected chi connectivity index (χ1v) is 7.31. The predicted molar refractivity (Wildman–Crippen MR) is 90.5 cm³/mol. The minimum absolute atomic E-state index is 0.128. The molecule has 0 fully saturated rings. The second kappa shape index (κ2) is 6.74. The molecule has 0 bridgehead atoms. The Morgan fingerprint density at radius 2 is 1.67 bits per heavy atom. The van der Waals surface area contributed by atoms with E-state index in [0.29, 0.717) is 0 Å². The summed E-state index contributed by atoms with van der Waals surface area (Å²) in [6.45, 7) is 4.29. The first kappa shape index (κ1) is 15.5. The van der Waals surface area contributed by atoms with Crippen molar-refractivity contribution in [1.29, 1.82) is 0 Å². The fourth-order valence-electron chi connectivity index (χ4n) is 2.44. The predicted octanol–water partition coefficient (Wildman–Crippen LogP) is 3.12. The van der Waals surface area contributed by atoms with Crippen LogP contribution < -0.4 is 16.2 Å². The Labute approximate surface area is 127 Å². The van der Waals surface area contributed by atoms with Crippen molar-refractivity contribution in [3.8, 4) is 0 Å². The molecule has 21 heavy (non-hydrogen) atoms. The van der Waals surface area contributed by atoms with Crippen LogP contribution in [0.5, 0.6) is 0 Å². The Morgan fingerprint density at radius 1 is 1.00 bits per heavy atom. The molecule has 0 heterocycles. The zero-order valence-electron chi connectivity index (χ0n) is 13.4. The molecule has 1 atom stereocenters. The van der Waals surface area contributed by atoms with E-state index in [9.17, 15) is 0 Å². The third-order valence-electron chi connectivity index (χ3n) is 4.02. The molecular weight excluding hydrogens is 258 g/mol. The molecule has 0 aliphatic rings. The van der Waals surface area contributed by atoms with E-state index in [1.165, 1.54) is 27.9 Å². The van der Waals surface area contributed by atoms with Crippen LogP contribution in [0.4, 0.5) is 5.69 Å². The normalized spacial score (nSPS) is 12.2. The highest BCUT2D eigenvalue weighted by atomic mass is 15.2. The molecule has 3 N–H and O–H groups in total. The number of hydrogen-bond donors (Lipinski definition) is 2. The molecule has 0 aliphatic heterocycles. The fourth-order valence-corrected chi connectivity index (χ4v) is 2.44. The Kier molecular flexibility index (Phi) is 4.99. The average molecular weight is 283 g/mol. The lowest BCUT2D eigenvalue weighted by Crippen LogP contribution is -2.29. The number of aryl methyl sites for hydroxylation is 2. The molecule has 0 aliphatic carbocycles. The van der Waals surface area contributed by atoms with Gasteiger partial charge in [0, 0.05) is 25.8 Å². The van der Waals surface area contributed by atoms with Crippen molar-refractivity contribution in [2.45, 2.75) is 26.3 Å². The number of benzene rings is 2. The minimum atomic E-state index is 0.128. The van der Waals surface area contributed by atoms with Crippen molar-refractivity contribution < 1.29 is 0 Å². The lowest BCUT2D eigenvalue weighted by atomic mass is 9.97. The first-order chi connectivity index (χ1) is 10.0. The van der Waals surface area contributed by atoms with Crippen molar-refractivity contribution >= 4 is 5.69 Å². The molecule has 2 aromatic rings. The van der Waals surface area contributed by atoms with Gasteiger partial charge in [0.05, 0.1) is 0 Å².